The number of methoxy groups -OCH3 is 2. The van der Waals surface area contributed by atoms with Gasteiger partial charge in [-0.05, 0) is 31.9 Å². The fourth-order valence-electron chi connectivity index (χ4n) is 3.06. The fraction of sp³-hybridized carbons (Fsp3) is 0.450. The van der Waals surface area contributed by atoms with Crippen molar-refractivity contribution in [3.05, 3.63) is 29.8 Å². The molecular formula is C20H26N2O6. The summed E-state index contributed by atoms with van der Waals surface area (Å²) in [7, 11) is 3.09. The van der Waals surface area contributed by atoms with Gasteiger partial charge in [-0.25, -0.2) is 0 Å². The van der Waals surface area contributed by atoms with Crippen molar-refractivity contribution < 1.29 is 29.0 Å². The Morgan fingerprint density at radius 1 is 1.21 bits per heavy atom. The van der Waals surface area contributed by atoms with Crippen molar-refractivity contribution in [1.82, 2.24) is 10.2 Å². The molecule has 1 aromatic carbocycles. The Bertz CT molecular complexity index is 753. The molecule has 2 amide bonds. The van der Waals surface area contributed by atoms with E-state index < -0.39 is 12.0 Å². The van der Waals surface area contributed by atoms with E-state index in [4.69, 9.17) is 14.6 Å². The molecule has 1 aromatic rings. The molecule has 1 aliphatic heterocycles. The molecule has 152 valence electrons. The first-order valence-corrected chi connectivity index (χ1v) is 9.08. The number of hydrogen-bond acceptors (Lipinski definition) is 5. The van der Waals surface area contributed by atoms with Crippen LogP contribution in [0, 0.1) is 5.92 Å². The van der Waals surface area contributed by atoms with Crippen molar-refractivity contribution in [3.63, 3.8) is 0 Å². The third kappa shape index (κ3) is 5.25. The molecule has 0 bridgehead atoms. The van der Waals surface area contributed by atoms with E-state index in [1.807, 2.05) is 12.1 Å². The average molecular weight is 390 g/mol. The first kappa shape index (κ1) is 21.3. The minimum atomic E-state index is -1.07. The molecule has 2 N–H and O–H groups in total. The Morgan fingerprint density at radius 2 is 1.89 bits per heavy atom. The number of carbonyl (C=O) groups excluding carboxylic acids is 2. The number of nitrogens with one attached hydrogen (secondary N) is 1. The van der Waals surface area contributed by atoms with Gasteiger partial charge in [0.2, 0.25) is 11.8 Å². The van der Waals surface area contributed by atoms with Crippen LogP contribution < -0.4 is 14.8 Å². The molecule has 0 aliphatic carbocycles. The van der Waals surface area contributed by atoms with Gasteiger partial charge in [-0.1, -0.05) is 12.1 Å². The van der Waals surface area contributed by atoms with Crippen LogP contribution in [0.15, 0.2) is 24.3 Å². The summed E-state index contributed by atoms with van der Waals surface area (Å²) < 4.78 is 10.6. The van der Waals surface area contributed by atoms with Gasteiger partial charge < -0.3 is 24.8 Å². The second-order valence-electron chi connectivity index (χ2n) is 6.58. The van der Waals surface area contributed by atoms with E-state index >= 15 is 0 Å². The topological polar surface area (TPSA) is 105 Å². The number of piperidine rings is 1. The fourth-order valence-corrected chi connectivity index (χ4v) is 3.06. The van der Waals surface area contributed by atoms with Crippen molar-refractivity contribution in [2.45, 2.75) is 25.8 Å². The third-order valence-electron chi connectivity index (χ3n) is 4.75. The van der Waals surface area contributed by atoms with Gasteiger partial charge in [0, 0.05) is 30.6 Å². The summed E-state index contributed by atoms with van der Waals surface area (Å²) in [6.45, 7) is 2.31. The van der Waals surface area contributed by atoms with Crippen LogP contribution >= 0.6 is 0 Å². The summed E-state index contributed by atoms with van der Waals surface area (Å²) in [5.74, 6) is -0.648. The molecule has 1 fully saturated rings. The van der Waals surface area contributed by atoms with Gasteiger partial charge in [-0.3, -0.25) is 14.4 Å². The highest BCUT2D eigenvalue weighted by atomic mass is 16.5. The molecule has 8 heteroatoms. The van der Waals surface area contributed by atoms with Crippen LogP contribution in [-0.4, -0.2) is 61.1 Å². The van der Waals surface area contributed by atoms with E-state index in [0.29, 0.717) is 37.4 Å². The average Bonchev–Trinajstić information content (AvgIpc) is 2.71. The second-order valence-corrected chi connectivity index (χ2v) is 6.58. The zero-order valence-electron chi connectivity index (χ0n) is 16.3. The van der Waals surface area contributed by atoms with Crippen molar-refractivity contribution in [1.29, 1.82) is 0 Å². The largest absolute Gasteiger partial charge is 0.493 e. The number of hydrogen-bond donors (Lipinski definition) is 2. The van der Waals surface area contributed by atoms with Gasteiger partial charge in [0.15, 0.2) is 11.5 Å². The lowest BCUT2D eigenvalue weighted by Gasteiger charge is -2.31. The lowest BCUT2D eigenvalue weighted by atomic mass is 9.95. The van der Waals surface area contributed by atoms with E-state index in [1.54, 1.807) is 24.2 Å². The first-order valence-electron chi connectivity index (χ1n) is 9.08. The second kappa shape index (κ2) is 9.77. The molecule has 0 saturated carbocycles. The van der Waals surface area contributed by atoms with E-state index in [9.17, 15) is 14.4 Å². The zero-order valence-corrected chi connectivity index (χ0v) is 16.3. The molecule has 1 atom stereocenters. The number of carboxylic acids is 1. The van der Waals surface area contributed by atoms with Crippen molar-refractivity contribution in [2.75, 3.05) is 27.3 Å². The Morgan fingerprint density at radius 3 is 2.46 bits per heavy atom. The number of likely N-dealkylation sites (tertiary alicyclic amines) is 1. The predicted octanol–water partition coefficient (Wildman–Crippen LogP) is 1.54. The molecule has 1 heterocycles. The van der Waals surface area contributed by atoms with E-state index in [1.165, 1.54) is 20.1 Å². The number of ether oxygens (including phenoxy) is 2. The van der Waals surface area contributed by atoms with Gasteiger partial charge in [0.1, 0.15) is 6.04 Å². The Balaban J connectivity index is 1.93. The number of carboxylic acid groups (broad SMARTS) is 1. The normalized spacial score (nSPS) is 15.9. The minimum absolute atomic E-state index is 0.150. The van der Waals surface area contributed by atoms with Crippen LogP contribution in [0.1, 0.15) is 25.3 Å². The smallest absolute Gasteiger partial charge is 0.325 e. The molecule has 2 rings (SSSR count). The van der Waals surface area contributed by atoms with E-state index in [-0.39, 0.29) is 17.7 Å². The lowest BCUT2D eigenvalue weighted by Crippen LogP contribution is -2.46. The number of carbonyl (C=O) groups is 3. The summed E-state index contributed by atoms with van der Waals surface area (Å²) >= 11 is 0. The number of rotatable bonds is 7. The Kier molecular flexibility index (Phi) is 7.43. The monoisotopic (exact) mass is 390 g/mol. The van der Waals surface area contributed by atoms with Crippen LogP contribution in [-0.2, 0) is 14.4 Å². The van der Waals surface area contributed by atoms with Gasteiger partial charge in [0.25, 0.3) is 0 Å². The molecule has 8 nitrogen and oxygen atoms in total. The molecule has 1 saturated heterocycles. The predicted molar refractivity (Wildman–Crippen MR) is 103 cm³/mol. The Hall–Kier alpha value is -3.03. The lowest BCUT2D eigenvalue weighted by molar-refractivity contribution is -0.142. The number of nitrogens with zero attached hydrogens (tertiary/aromatic N) is 1. The number of para-hydroxylation sites is 1. The Labute approximate surface area is 164 Å². The maximum atomic E-state index is 12.5. The van der Waals surface area contributed by atoms with Crippen LogP contribution in [0.5, 0.6) is 11.5 Å². The SMILES string of the molecule is COc1cccc(/C=C/C(=O)N2CCC(C(=O)NC(C)C(=O)O)CC2)c1OC. The third-order valence-corrected chi connectivity index (χ3v) is 4.75. The summed E-state index contributed by atoms with van der Waals surface area (Å²) in [5.41, 5.74) is 0.729. The molecular weight excluding hydrogens is 364 g/mol. The zero-order chi connectivity index (χ0) is 20.7. The van der Waals surface area contributed by atoms with Crippen molar-refractivity contribution in [3.8, 4) is 11.5 Å². The van der Waals surface area contributed by atoms with E-state index in [0.717, 1.165) is 5.56 Å². The summed E-state index contributed by atoms with van der Waals surface area (Å²) in [4.78, 5) is 37.1. The molecule has 28 heavy (non-hydrogen) atoms. The molecule has 1 aliphatic rings. The standard InChI is InChI=1S/C20H26N2O6/c1-13(20(25)26)21-19(24)15-9-11-22(12-10-15)17(23)8-7-14-5-4-6-16(27-2)18(14)28-3/h4-8,13,15H,9-12H2,1-3H3,(H,21,24)(H,25,26)/b8-7+. The molecule has 0 radical (unpaired) electrons. The number of benzene rings is 1. The van der Waals surface area contributed by atoms with Gasteiger partial charge in [-0.2, -0.15) is 0 Å². The van der Waals surface area contributed by atoms with E-state index in [2.05, 4.69) is 5.32 Å². The highest BCUT2D eigenvalue weighted by Gasteiger charge is 2.28. The highest BCUT2D eigenvalue weighted by molar-refractivity contribution is 5.92. The first-order chi connectivity index (χ1) is 13.4. The van der Waals surface area contributed by atoms with Gasteiger partial charge >= 0.3 is 5.97 Å². The van der Waals surface area contributed by atoms with Crippen molar-refractivity contribution in [2.24, 2.45) is 5.92 Å². The summed E-state index contributed by atoms with van der Waals surface area (Å²) in [6, 6.07) is 4.49. The quantitative estimate of drug-likeness (QED) is 0.685. The van der Waals surface area contributed by atoms with Gasteiger partial charge in [-0.15, -0.1) is 0 Å². The van der Waals surface area contributed by atoms with Crippen LogP contribution in [0.3, 0.4) is 0 Å². The van der Waals surface area contributed by atoms with Gasteiger partial charge in [0.05, 0.1) is 14.2 Å². The number of amides is 2. The minimum Gasteiger partial charge on any atom is -0.493 e. The molecule has 0 aromatic heterocycles. The van der Waals surface area contributed by atoms with Crippen molar-refractivity contribution >= 4 is 23.9 Å². The highest BCUT2D eigenvalue weighted by Crippen LogP contribution is 2.31. The summed E-state index contributed by atoms with van der Waals surface area (Å²) in [6.07, 6.45) is 4.15. The van der Waals surface area contributed by atoms with Crippen LogP contribution in [0.2, 0.25) is 0 Å². The summed E-state index contributed by atoms with van der Waals surface area (Å²) in [5, 5.41) is 11.4. The molecule has 1 unspecified atom stereocenters. The van der Waals surface area contributed by atoms with Crippen LogP contribution in [0.25, 0.3) is 6.08 Å². The van der Waals surface area contributed by atoms with Crippen LogP contribution in [0.4, 0.5) is 0 Å². The molecule has 0 spiro atoms. The maximum Gasteiger partial charge on any atom is 0.325 e. The number of aliphatic carboxylic acids is 1. The maximum absolute atomic E-state index is 12.5.